The minimum Gasteiger partial charge on any atom is -0.264 e. The van der Waals surface area contributed by atoms with Gasteiger partial charge < -0.3 is 0 Å². The van der Waals surface area contributed by atoms with Crippen LogP contribution in [0.5, 0.6) is 0 Å². The molecule has 0 saturated heterocycles. The van der Waals surface area contributed by atoms with Gasteiger partial charge in [0, 0.05) is 123 Å². The van der Waals surface area contributed by atoms with Crippen LogP contribution in [-0.4, -0.2) is 44.9 Å². The summed E-state index contributed by atoms with van der Waals surface area (Å²) in [6.45, 7) is 0. The van der Waals surface area contributed by atoms with Gasteiger partial charge in [-0.2, -0.15) is 0 Å². The van der Waals surface area contributed by atoms with E-state index in [1.54, 1.807) is 18.6 Å². The molecule has 0 aliphatic rings. The normalized spacial score (nSPS) is 11.0. The summed E-state index contributed by atoms with van der Waals surface area (Å²) in [4.78, 5) is 43.2. The average molecular weight is 1530 g/mol. The minimum absolute atomic E-state index is 0.709. The first-order valence-corrected chi connectivity index (χ1v) is 40.1. The van der Waals surface area contributed by atoms with E-state index in [-0.39, 0.29) is 0 Å². The number of nitrogens with zero attached hydrogens (tertiary/aromatic N) is 9. The third kappa shape index (κ3) is 16.0. The molecule has 564 valence electrons. The fourth-order valence-electron chi connectivity index (χ4n) is 15.6. The van der Waals surface area contributed by atoms with Crippen LogP contribution >= 0.6 is 0 Å². The Morgan fingerprint density at radius 3 is 0.850 bits per heavy atom. The molecule has 6 heterocycles. The van der Waals surface area contributed by atoms with Gasteiger partial charge in [0.25, 0.3) is 0 Å². The van der Waals surface area contributed by atoms with Crippen LogP contribution in [0.15, 0.2) is 456 Å². The van der Waals surface area contributed by atoms with Gasteiger partial charge in [0.2, 0.25) is 0 Å². The van der Waals surface area contributed by atoms with E-state index in [1.807, 2.05) is 104 Å². The van der Waals surface area contributed by atoms with E-state index in [0.29, 0.717) is 17.5 Å². The van der Waals surface area contributed by atoms with E-state index in [0.717, 1.165) is 128 Å². The molecule has 0 atom stereocenters. The highest BCUT2D eigenvalue weighted by Gasteiger charge is 2.21. The van der Waals surface area contributed by atoms with Crippen molar-refractivity contribution in [3.8, 4) is 168 Å². The molecular weight excluding hydrogens is 1460 g/mol. The molecule has 0 unspecified atom stereocenters. The smallest absolute Gasteiger partial charge is 0.160 e. The molecule has 21 aromatic rings. The van der Waals surface area contributed by atoms with Crippen molar-refractivity contribution in [3.05, 3.63) is 456 Å². The van der Waals surface area contributed by atoms with Crippen LogP contribution < -0.4 is 0 Å². The average Bonchev–Trinajstić information content (AvgIpc) is 0.756. The molecule has 0 spiro atoms. The zero-order valence-corrected chi connectivity index (χ0v) is 65.3. The summed E-state index contributed by atoms with van der Waals surface area (Å²) >= 11 is 0. The highest BCUT2D eigenvalue weighted by molar-refractivity contribution is 6.13. The van der Waals surface area contributed by atoms with Gasteiger partial charge in [-0.15, -0.1) is 0 Å². The molecule has 0 saturated carbocycles. The summed E-state index contributed by atoms with van der Waals surface area (Å²) < 4.78 is 0. The summed E-state index contributed by atoms with van der Waals surface area (Å²) in [5.41, 5.74) is 28.7. The van der Waals surface area contributed by atoms with E-state index in [9.17, 15) is 0 Å². The maximum Gasteiger partial charge on any atom is 0.160 e. The molecular formula is C111H75N9. The second-order valence-corrected chi connectivity index (χ2v) is 29.2. The predicted molar refractivity (Wildman–Crippen MR) is 494 cm³/mol. The standard InChI is InChI=1S/C41H27N3.C37H25N3.C33H23N3/c1-2-10-28(11-3-1)29-19-21-30(22-20-29)40-39(32-14-8-13-31(24-32)34-15-9-23-42-26-34)27-43-41(44-40)38-25-33-12-4-5-16-35(33)36-17-6-7-18-37(36)38;1-2-9-26(10-3-1)27-18-20-29(21-19-27)36-35(31-14-6-13-30(23-31)32-15-8-22-38-24-32)25-39-37(40-36)34-17-7-12-28-11-4-5-16-33(28)34;1-3-9-24(10-4-1)25-16-18-26(19-17-25)32-31(23-35-33(36-32)27-11-5-2-6-12-27)29-14-7-13-28(21-29)30-15-8-20-34-22-30/h1-27H;1-25H;1-23H. The summed E-state index contributed by atoms with van der Waals surface area (Å²) in [6.07, 6.45) is 16.9. The van der Waals surface area contributed by atoms with E-state index in [1.165, 1.54) is 54.9 Å². The zero-order chi connectivity index (χ0) is 80.2. The molecule has 120 heavy (non-hydrogen) atoms. The van der Waals surface area contributed by atoms with E-state index < -0.39 is 0 Å². The lowest BCUT2D eigenvalue weighted by atomic mass is 9.95. The molecule has 15 aromatic carbocycles. The third-order valence-electron chi connectivity index (χ3n) is 21.7. The van der Waals surface area contributed by atoms with Crippen molar-refractivity contribution in [2.75, 3.05) is 0 Å². The number of pyridine rings is 3. The molecule has 9 heteroatoms. The third-order valence-corrected chi connectivity index (χ3v) is 21.7. The molecule has 0 aliphatic heterocycles. The Kier molecular flexibility index (Phi) is 21.2. The molecule has 0 N–H and O–H groups in total. The Bertz CT molecular complexity index is 7140. The second-order valence-electron chi connectivity index (χ2n) is 29.2. The largest absolute Gasteiger partial charge is 0.264 e. The topological polar surface area (TPSA) is 116 Å². The summed E-state index contributed by atoms with van der Waals surface area (Å²) in [6, 6.07) is 139. The number of hydrogen-bond donors (Lipinski definition) is 0. The summed E-state index contributed by atoms with van der Waals surface area (Å²) in [7, 11) is 0. The van der Waals surface area contributed by atoms with Crippen molar-refractivity contribution in [2.24, 2.45) is 0 Å². The maximum atomic E-state index is 5.33. The van der Waals surface area contributed by atoms with Gasteiger partial charge >= 0.3 is 0 Å². The van der Waals surface area contributed by atoms with Crippen molar-refractivity contribution in [1.29, 1.82) is 0 Å². The van der Waals surface area contributed by atoms with Crippen LogP contribution in [0.25, 0.3) is 200 Å². The lowest BCUT2D eigenvalue weighted by Gasteiger charge is -2.15. The van der Waals surface area contributed by atoms with Gasteiger partial charge in [-0.3, -0.25) is 15.0 Å². The Hall–Kier alpha value is -16.2. The Morgan fingerprint density at radius 1 is 0.142 bits per heavy atom. The number of aromatic nitrogens is 9. The summed E-state index contributed by atoms with van der Waals surface area (Å²) in [5.74, 6) is 2.14. The second kappa shape index (κ2) is 34.5. The van der Waals surface area contributed by atoms with Crippen LogP contribution in [0.4, 0.5) is 0 Å². The van der Waals surface area contributed by atoms with Crippen LogP contribution in [0, 0.1) is 0 Å². The van der Waals surface area contributed by atoms with Gasteiger partial charge in [-0.1, -0.05) is 358 Å². The quantitative estimate of drug-likeness (QED) is 0.0925. The lowest BCUT2D eigenvalue weighted by Crippen LogP contribution is -1.97. The molecule has 6 aromatic heterocycles. The molecule has 9 nitrogen and oxygen atoms in total. The highest BCUT2D eigenvalue weighted by atomic mass is 14.9. The fourth-order valence-corrected chi connectivity index (χ4v) is 15.6. The van der Waals surface area contributed by atoms with Crippen LogP contribution in [0.3, 0.4) is 0 Å². The fraction of sp³-hybridized carbons (Fsp3) is 0. The first kappa shape index (κ1) is 73.9. The molecule has 21 rings (SSSR count). The molecule has 0 aliphatic carbocycles. The zero-order valence-electron chi connectivity index (χ0n) is 65.3. The van der Waals surface area contributed by atoms with Crippen molar-refractivity contribution in [2.45, 2.75) is 0 Å². The molecule has 0 amide bonds. The number of fused-ring (bicyclic) bond motifs is 4. The monoisotopic (exact) mass is 1530 g/mol. The van der Waals surface area contributed by atoms with Gasteiger partial charge in [0.15, 0.2) is 17.5 Å². The van der Waals surface area contributed by atoms with Crippen molar-refractivity contribution < 1.29 is 0 Å². The van der Waals surface area contributed by atoms with Crippen LogP contribution in [0.2, 0.25) is 0 Å². The number of hydrogen-bond acceptors (Lipinski definition) is 9. The van der Waals surface area contributed by atoms with Crippen molar-refractivity contribution >= 4 is 32.3 Å². The van der Waals surface area contributed by atoms with Gasteiger partial charge in [-0.25, -0.2) is 29.9 Å². The van der Waals surface area contributed by atoms with Gasteiger partial charge in [-0.05, 0) is 142 Å². The van der Waals surface area contributed by atoms with Crippen LogP contribution in [-0.2, 0) is 0 Å². The van der Waals surface area contributed by atoms with Crippen molar-refractivity contribution in [3.63, 3.8) is 0 Å². The summed E-state index contributed by atoms with van der Waals surface area (Å²) in [5, 5.41) is 7.06. The maximum absolute atomic E-state index is 5.33. The van der Waals surface area contributed by atoms with Crippen LogP contribution in [0.1, 0.15) is 0 Å². The highest BCUT2D eigenvalue weighted by Crippen LogP contribution is 2.42. The lowest BCUT2D eigenvalue weighted by molar-refractivity contribution is 1.18. The van der Waals surface area contributed by atoms with E-state index in [2.05, 4.69) is 349 Å². The molecule has 0 fully saturated rings. The van der Waals surface area contributed by atoms with E-state index >= 15 is 0 Å². The Morgan fingerprint density at radius 2 is 0.433 bits per heavy atom. The van der Waals surface area contributed by atoms with E-state index in [4.69, 9.17) is 29.9 Å². The Balaban J connectivity index is 0.000000120. The molecule has 0 bridgehead atoms. The number of benzene rings is 15. The SMILES string of the molecule is c1ccc(-c2ccc(-c3nc(-c4cc5ccccc5c5ccccc45)ncc3-c3cccc(-c4cccnc4)c3)cc2)cc1.c1ccc(-c2ccc(-c3nc(-c4cccc5ccccc45)ncc3-c3cccc(-c4cccnc4)c3)cc2)cc1.c1ccc(-c2ccc(-c3nc(-c4ccccc4)ncc3-c3cccc(-c4cccnc4)c3)cc2)cc1. The van der Waals surface area contributed by atoms with Crippen molar-refractivity contribution in [1.82, 2.24) is 44.9 Å². The van der Waals surface area contributed by atoms with Gasteiger partial charge in [0.1, 0.15) is 0 Å². The predicted octanol–water partition coefficient (Wildman–Crippen LogP) is 28.1. The Labute approximate surface area is 696 Å². The first-order chi connectivity index (χ1) is 59.5. The first-order valence-electron chi connectivity index (χ1n) is 40.1. The molecule has 0 radical (unpaired) electrons. The minimum atomic E-state index is 0.709. The number of rotatable bonds is 15. The van der Waals surface area contributed by atoms with Gasteiger partial charge in [0.05, 0.1) is 17.1 Å².